The maximum Gasteiger partial charge on any atom is 0.120 e. The van der Waals surface area contributed by atoms with Crippen molar-refractivity contribution in [2.24, 2.45) is 0 Å². The number of carbonyl (C=O) groups excluding carboxylic acids is 1. The van der Waals surface area contributed by atoms with E-state index in [2.05, 4.69) is 31.3 Å². The topological polar surface area (TPSA) is 29.1 Å². The Morgan fingerprint density at radius 2 is 2.29 bits per heavy atom. The zero-order valence-corrected chi connectivity index (χ0v) is 8.63. The van der Waals surface area contributed by atoms with Crippen molar-refractivity contribution in [1.29, 1.82) is 0 Å². The van der Waals surface area contributed by atoms with Crippen molar-refractivity contribution in [3.63, 3.8) is 0 Å². The molecule has 0 radical (unpaired) electrons. The van der Waals surface area contributed by atoms with Gasteiger partial charge in [-0.25, -0.2) is 0 Å². The van der Waals surface area contributed by atoms with E-state index in [1.165, 1.54) is 22.4 Å². The van der Waals surface area contributed by atoms with E-state index in [-0.39, 0.29) is 0 Å². The third kappa shape index (κ3) is 1.41. The van der Waals surface area contributed by atoms with E-state index in [1.54, 1.807) is 0 Å². The molecule has 0 amide bonds. The van der Waals surface area contributed by atoms with Crippen molar-refractivity contribution < 1.29 is 4.79 Å². The predicted octanol–water partition coefficient (Wildman–Crippen LogP) is 2.40. The van der Waals surface area contributed by atoms with Crippen molar-refractivity contribution in [3.05, 3.63) is 28.8 Å². The van der Waals surface area contributed by atoms with Crippen LogP contribution in [0, 0.1) is 13.8 Å². The fourth-order valence-corrected chi connectivity index (χ4v) is 2.32. The minimum Gasteiger partial charge on any atom is -0.384 e. The third-order valence-corrected chi connectivity index (χ3v) is 2.86. The first-order chi connectivity index (χ1) is 6.72. The molecule has 1 atom stereocenters. The lowest BCUT2D eigenvalue weighted by atomic mass is 9.93. The Bertz CT molecular complexity index is 371. The third-order valence-electron chi connectivity index (χ3n) is 2.86. The molecule has 74 valence electrons. The molecule has 1 heterocycles. The molecule has 0 aliphatic carbocycles. The predicted molar refractivity (Wildman–Crippen MR) is 57.8 cm³/mol. The van der Waals surface area contributed by atoms with Gasteiger partial charge in [0.05, 0.1) is 0 Å². The SMILES string of the molecule is Cc1cc(C)c2c(c1)NCC2CC=O. The molecule has 2 rings (SSSR count). The second-order valence-electron chi connectivity index (χ2n) is 4.02. The van der Waals surface area contributed by atoms with Crippen LogP contribution in [-0.4, -0.2) is 12.8 Å². The van der Waals surface area contributed by atoms with Gasteiger partial charge in [-0.2, -0.15) is 0 Å². The fourth-order valence-electron chi connectivity index (χ4n) is 2.32. The van der Waals surface area contributed by atoms with Crippen LogP contribution in [0.15, 0.2) is 12.1 Å². The number of rotatable bonds is 2. The largest absolute Gasteiger partial charge is 0.384 e. The van der Waals surface area contributed by atoms with Gasteiger partial charge in [-0.15, -0.1) is 0 Å². The van der Waals surface area contributed by atoms with Gasteiger partial charge < -0.3 is 10.1 Å². The number of fused-ring (bicyclic) bond motifs is 1. The van der Waals surface area contributed by atoms with Crippen LogP contribution in [0.1, 0.15) is 29.0 Å². The zero-order valence-electron chi connectivity index (χ0n) is 8.63. The normalized spacial score (nSPS) is 18.9. The molecule has 1 unspecified atom stereocenters. The number of carbonyl (C=O) groups is 1. The standard InChI is InChI=1S/C12H15NO/c1-8-5-9(2)12-10(3-4-14)7-13-11(12)6-8/h4-6,10,13H,3,7H2,1-2H3. The maximum absolute atomic E-state index is 10.5. The molecule has 0 spiro atoms. The van der Waals surface area contributed by atoms with Crippen LogP contribution in [0.5, 0.6) is 0 Å². The summed E-state index contributed by atoms with van der Waals surface area (Å²) in [4.78, 5) is 10.5. The quantitative estimate of drug-likeness (QED) is 0.724. The number of aldehydes is 1. The van der Waals surface area contributed by atoms with Crippen LogP contribution >= 0.6 is 0 Å². The van der Waals surface area contributed by atoms with E-state index in [4.69, 9.17) is 0 Å². The van der Waals surface area contributed by atoms with Crippen molar-refractivity contribution in [2.45, 2.75) is 26.2 Å². The Kier molecular flexibility index (Phi) is 2.28. The summed E-state index contributed by atoms with van der Waals surface area (Å²) in [6.07, 6.45) is 1.64. The summed E-state index contributed by atoms with van der Waals surface area (Å²) in [5.74, 6) is 0.378. The van der Waals surface area contributed by atoms with Crippen molar-refractivity contribution in [3.8, 4) is 0 Å². The van der Waals surface area contributed by atoms with E-state index in [1.807, 2.05) is 0 Å². The molecule has 1 aliphatic heterocycles. The lowest BCUT2D eigenvalue weighted by Crippen LogP contribution is -2.02. The summed E-state index contributed by atoms with van der Waals surface area (Å²) in [7, 11) is 0. The van der Waals surface area contributed by atoms with Gasteiger partial charge in [0, 0.05) is 24.6 Å². The summed E-state index contributed by atoms with van der Waals surface area (Å²) in [6, 6.07) is 4.34. The average molecular weight is 189 g/mol. The summed E-state index contributed by atoms with van der Waals surface area (Å²) >= 11 is 0. The summed E-state index contributed by atoms with van der Waals surface area (Å²) < 4.78 is 0. The number of hydrogen-bond acceptors (Lipinski definition) is 2. The lowest BCUT2D eigenvalue weighted by molar-refractivity contribution is -0.108. The number of nitrogens with one attached hydrogen (secondary N) is 1. The van der Waals surface area contributed by atoms with Gasteiger partial charge >= 0.3 is 0 Å². The number of aryl methyl sites for hydroxylation is 2. The summed E-state index contributed by atoms with van der Waals surface area (Å²) in [5, 5.41) is 3.36. The average Bonchev–Trinajstić information content (AvgIpc) is 2.49. The van der Waals surface area contributed by atoms with Crippen molar-refractivity contribution >= 4 is 12.0 Å². The lowest BCUT2D eigenvalue weighted by Gasteiger charge is -2.10. The van der Waals surface area contributed by atoms with Gasteiger partial charge in [0.2, 0.25) is 0 Å². The molecule has 1 aromatic rings. The van der Waals surface area contributed by atoms with Crippen molar-refractivity contribution in [2.75, 3.05) is 11.9 Å². The molecule has 2 nitrogen and oxygen atoms in total. The van der Waals surface area contributed by atoms with Gasteiger partial charge in [-0.05, 0) is 36.6 Å². The van der Waals surface area contributed by atoms with Gasteiger partial charge in [0.15, 0.2) is 0 Å². The van der Waals surface area contributed by atoms with Crippen LogP contribution in [0.2, 0.25) is 0 Å². The minimum atomic E-state index is 0.378. The van der Waals surface area contributed by atoms with Crippen LogP contribution in [0.4, 0.5) is 5.69 Å². The highest BCUT2D eigenvalue weighted by atomic mass is 16.1. The first-order valence-corrected chi connectivity index (χ1v) is 5.01. The zero-order chi connectivity index (χ0) is 10.1. The molecule has 0 aromatic heterocycles. The van der Waals surface area contributed by atoms with Crippen LogP contribution < -0.4 is 5.32 Å². The second-order valence-corrected chi connectivity index (χ2v) is 4.02. The smallest absolute Gasteiger partial charge is 0.120 e. The molecule has 0 fully saturated rings. The number of anilines is 1. The fraction of sp³-hybridized carbons (Fsp3) is 0.417. The van der Waals surface area contributed by atoms with Crippen LogP contribution in [0.3, 0.4) is 0 Å². The molecule has 1 aliphatic rings. The molecule has 0 saturated carbocycles. The van der Waals surface area contributed by atoms with Crippen molar-refractivity contribution in [1.82, 2.24) is 0 Å². The first kappa shape index (κ1) is 9.25. The molecule has 2 heteroatoms. The minimum absolute atomic E-state index is 0.378. The molecular weight excluding hydrogens is 174 g/mol. The van der Waals surface area contributed by atoms with Gasteiger partial charge in [0.25, 0.3) is 0 Å². The van der Waals surface area contributed by atoms with Gasteiger partial charge in [-0.1, -0.05) is 6.07 Å². The van der Waals surface area contributed by atoms with Gasteiger partial charge in [0.1, 0.15) is 6.29 Å². The maximum atomic E-state index is 10.5. The first-order valence-electron chi connectivity index (χ1n) is 5.01. The Morgan fingerprint density at radius 3 is 3.00 bits per heavy atom. The highest BCUT2D eigenvalue weighted by Crippen LogP contribution is 2.36. The highest BCUT2D eigenvalue weighted by molar-refractivity contribution is 5.65. The van der Waals surface area contributed by atoms with Crippen LogP contribution in [0.25, 0.3) is 0 Å². The highest BCUT2D eigenvalue weighted by Gasteiger charge is 2.23. The Morgan fingerprint density at radius 1 is 1.50 bits per heavy atom. The molecule has 1 N–H and O–H groups in total. The Balaban J connectivity index is 2.43. The summed E-state index contributed by atoms with van der Waals surface area (Å²) in [6.45, 7) is 5.12. The van der Waals surface area contributed by atoms with Gasteiger partial charge in [-0.3, -0.25) is 0 Å². The van der Waals surface area contributed by atoms with E-state index in [9.17, 15) is 4.79 Å². The number of benzene rings is 1. The molecule has 1 aromatic carbocycles. The van der Waals surface area contributed by atoms with E-state index in [0.717, 1.165) is 12.8 Å². The molecule has 14 heavy (non-hydrogen) atoms. The molecule has 0 bridgehead atoms. The molecule has 0 saturated heterocycles. The second kappa shape index (κ2) is 3.45. The van der Waals surface area contributed by atoms with E-state index < -0.39 is 0 Å². The molecular formula is C12H15NO. The van der Waals surface area contributed by atoms with E-state index in [0.29, 0.717) is 12.3 Å². The Hall–Kier alpha value is -1.31. The van der Waals surface area contributed by atoms with Crippen LogP contribution in [-0.2, 0) is 4.79 Å². The van der Waals surface area contributed by atoms with E-state index >= 15 is 0 Å². The number of hydrogen-bond donors (Lipinski definition) is 1. The summed E-state index contributed by atoms with van der Waals surface area (Å²) in [5.41, 5.74) is 5.13. The monoisotopic (exact) mass is 189 g/mol. The Labute approximate surface area is 84.3 Å².